The molecule has 0 aliphatic heterocycles. The van der Waals surface area contributed by atoms with E-state index in [4.69, 9.17) is 14.3 Å². The molecule has 0 saturated heterocycles. The van der Waals surface area contributed by atoms with Gasteiger partial charge in [-0.3, -0.25) is 0 Å². The average molecular weight is 249 g/mol. The van der Waals surface area contributed by atoms with E-state index < -0.39 is 29.4 Å². The molecular formula is C10H13F2NO4. The Morgan fingerprint density at radius 3 is 2.53 bits per heavy atom. The normalized spacial score (nSPS) is 12.1. The molecule has 0 fully saturated rings. The predicted molar refractivity (Wildman–Crippen MR) is 53.2 cm³/mol. The number of rotatable bonds is 5. The van der Waals surface area contributed by atoms with Crippen LogP contribution < -0.4 is 0 Å². The number of carbonyl (C=O) groups is 1. The third-order valence-corrected chi connectivity index (χ3v) is 2.23. The molecule has 0 radical (unpaired) electrons. The van der Waals surface area contributed by atoms with Gasteiger partial charge in [0.2, 0.25) is 5.76 Å². The lowest BCUT2D eigenvalue weighted by Crippen LogP contribution is -2.25. The van der Waals surface area contributed by atoms with Crippen molar-refractivity contribution in [1.29, 1.82) is 0 Å². The minimum atomic E-state index is -2.98. The molecule has 0 bridgehead atoms. The molecule has 0 aliphatic carbocycles. The van der Waals surface area contributed by atoms with Gasteiger partial charge in [0.25, 0.3) is 6.43 Å². The molecule has 1 aromatic heterocycles. The number of carboxylic acids is 1. The lowest BCUT2D eigenvalue weighted by Gasteiger charge is -2.20. The molecule has 1 aromatic rings. The summed E-state index contributed by atoms with van der Waals surface area (Å²) in [4.78, 5) is 14.2. The van der Waals surface area contributed by atoms with E-state index in [0.29, 0.717) is 0 Å². The second-order valence-corrected chi connectivity index (χ2v) is 4.07. The number of alkyl halides is 2. The van der Waals surface area contributed by atoms with Gasteiger partial charge in [0, 0.05) is 7.11 Å². The molecule has 0 amide bonds. The zero-order valence-corrected chi connectivity index (χ0v) is 9.66. The van der Waals surface area contributed by atoms with Crippen LogP contribution >= 0.6 is 0 Å². The van der Waals surface area contributed by atoms with Crippen LogP contribution in [0.25, 0.3) is 0 Å². The molecule has 7 heteroatoms. The van der Waals surface area contributed by atoms with Gasteiger partial charge in [-0.1, -0.05) is 0 Å². The van der Waals surface area contributed by atoms with E-state index in [1.165, 1.54) is 7.11 Å². The van der Waals surface area contributed by atoms with E-state index in [1.807, 2.05) is 0 Å². The number of aromatic nitrogens is 1. The number of carboxylic acid groups (broad SMARTS) is 1. The van der Waals surface area contributed by atoms with E-state index in [0.717, 1.165) is 0 Å². The van der Waals surface area contributed by atoms with Crippen molar-refractivity contribution in [3.63, 3.8) is 0 Å². The molecule has 1 rings (SSSR count). The number of hydrogen-bond donors (Lipinski definition) is 1. The summed E-state index contributed by atoms with van der Waals surface area (Å²) in [7, 11) is 1.45. The van der Waals surface area contributed by atoms with Gasteiger partial charge in [-0.25, -0.2) is 18.6 Å². The number of methoxy groups -OCH3 is 1. The number of nitrogens with zero attached hydrogens (tertiary/aromatic N) is 1. The second kappa shape index (κ2) is 4.79. The summed E-state index contributed by atoms with van der Waals surface area (Å²) in [5.74, 6) is -2.46. The lowest BCUT2D eigenvalue weighted by atomic mass is 10.1. The Morgan fingerprint density at radius 2 is 2.18 bits per heavy atom. The van der Waals surface area contributed by atoms with Gasteiger partial charge in [0.15, 0.2) is 11.6 Å². The molecule has 1 N–H and O–H groups in total. The fraction of sp³-hybridized carbons (Fsp3) is 0.600. The topological polar surface area (TPSA) is 72.6 Å². The summed E-state index contributed by atoms with van der Waals surface area (Å²) < 4.78 is 34.9. The van der Waals surface area contributed by atoms with Gasteiger partial charge in [0.05, 0.1) is 12.0 Å². The molecule has 17 heavy (non-hydrogen) atoms. The van der Waals surface area contributed by atoms with Gasteiger partial charge < -0.3 is 14.3 Å². The minimum absolute atomic E-state index is 0.0791. The fourth-order valence-electron chi connectivity index (χ4n) is 1.19. The van der Waals surface area contributed by atoms with Crippen LogP contribution in [0.3, 0.4) is 0 Å². The zero-order valence-electron chi connectivity index (χ0n) is 9.66. The first-order valence-corrected chi connectivity index (χ1v) is 4.83. The molecule has 1 heterocycles. The summed E-state index contributed by atoms with van der Waals surface area (Å²) in [6.07, 6.45) is -2.87. The Morgan fingerprint density at radius 1 is 1.59 bits per heavy atom. The van der Waals surface area contributed by atoms with Crippen molar-refractivity contribution in [2.24, 2.45) is 0 Å². The largest absolute Gasteiger partial charge is 0.475 e. The highest BCUT2D eigenvalue weighted by molar-refractivity contribution is 5.85. The summed E-state index contributed by atoms with van der Waals surface area (Å²) in [6.45, 7) is 3.42. The van der Waals surface area contributed by atoms with E-state index >= 15 is 0 Å². The Kier molecular flexibility index (Phi) is 3.82. The third-order valence-electron chi connectivity index (χ3n) is 2.23. The van der Waals surface area contributed by atoms with Crippen molar-refractivity contribution in [2.45, 2.75) is 32.3 Å². The summed E-state index contributed by atoms with van der Waals surface area (Å²) >= 11 is 0. The van der Waals surface area contributed by atoms with Crippen molar-refractivity contribution in [3.8, 4) is 0 Å². The second-order valence-electron chi connectivity index (χ2n) is 4.07. The highest BCUT2D eigenvalue weighted by Gasteiger charge is 2.29. The number of aromatic carboxylic acids is 1. The Labute approximate surface area is 96.4 Å². The van der Waals surface area contributed by atoms with Crippen LogP contribution in [0.4, 0.5) is 8.78 Å². The summed E-state index contributed by atoms with van der Waals surface area (Å²) in [6, 6.07) is 0. The van der Waals surface area contributed by atoms with Gasteiger partial charge in [-0.05, 0) is 13.8 Å². The maximum Gasteiger partial charge on any atom is 0.374 e. The quantitative estimate of drug-likeness (QED) is 0.866. The van der Waals surface area contributed by atoms with Gasteiger partial charge >= 0.3 is 5.97 Å². The minimum Gasteiger partial charge on any atom is -0.475 e. The van der Waals surface area contributed by atoms with Crippen molar-refractivity contribution in [3.05, 3.63) is 17.3 Å². The highest BCUT2D eigenvalue weighted by Crippen LogP contribution is 2.25. The van der Waals surface area contributed by atoms with Crippen LogP contribution in [0.15, 0.2) is 4.42 Å². The average Bonchev–Trinajstić information content (AvgIpc) is 2.61. The van der Waals surface area contributed by atoms with Gasteiger partial charge in [-0.2, -0.15) is 0 Å². The molecule has 0 aliphatic rings. The van der Waals surface area contributed by atoms with Crippen LogP contribution in [-0.4, -0.2) is 28.8 Å². The molecule has 5 nitrogen and oxygen atoms in total. The van der Waals surface area contributed by atoms with E-state index in [9.17, 15) is 13.6 Å². The van der Waals surface area contributed by atoms with Crippen LogP contribution in [0.1, 0.15) is 42.4 Å². The predicted octanol–water partition coefficient (Wildman–Crippen LogP) is 2.28. The lowest BCUT2D eigenvalue weighted by molar-refractivity contribution is 0.0176. The van der Waals surface area contributed by atoms with Crippen molar-refractivity contribution < 1.29 is 27.8 Å². The molecule has 0 saturated carbocycles. The summed E-state index contributed by atoms with van der Waals surface area (Å²) in [5, 5.41) is 8.69. The monoisotopic (exact) mass is 249 g/mol. The fourth-order valence-corrected chi connectivity index (χ4v) is 1.19. The first-order valence-electron chi connectivity index (χ1n) is 4.83. The van der Waals surface area contributed by atoms with Crippen LogP contribution in [0.5, 0.6) is 0 Å². The zero-order chi connectivity index (χ0) is 13.2. The number of halogens is 2. The highest BCUT2D eigenvalue weighted by atomic mass is 19.3. The van der Waals surface area contributed by atoms with E-state index in [1.54, 1.807) is 13.8 Å². The van der Waals surface area contributed by atoms with Crippen LogP contribution in [0, 0.1) is 0 Å². The molecule has 96 valence electrons. The molecular weight excluding hydrogens is 236 g/mol. The van der Waals surface area contributed by atoms with Crippen molar-refractivity contribution >= 4 is 5.97 Å². The van der Waals surface area contributed by atoms with Gasteiger partial charge in [0.1, 0.15) is 0 Å². The molecule has 0 aromatic carbocycles. The Balaban J connectivity index is 3.04. The standard InChI is InChI=1S/C10H13F2NO4/c1-10(2,16-3)4-5-13-6(8(11)12)7(17-5)9(14)15/h8H,4H2,1-3H3,(H,14,15). The molecule has 0 unspecified atom stereocenters. The van der Waals surface area contributed by atoms with E-state index in [2.05, 4.69) is 4.98 Å². The smallest absolute Gasteiger partial charge is 0.374 e. The molecule has 0 atom stereocenters. The number of hydrogen-bond acceptors (Lipinski definition) is 4. The first-order chi connectivity index (χ1) is 7.76. The van der Waals surface area contributed by atoms with Crippen LogP contribution in [-0.2, 0) is 11.2 Å². The third kappa shape index (κ3) is 3.23. The van der Waals surface area contributed by atoms with Gasteiger partial charge in [-0.15, -0.1) is 0 Å². The Hall–Kier alpha value is -1.50. The SMILES string of the molecule is COC(C)(C)Cc1nc(C(F)F)c(C(=O)O)o1. The maximum absolute atomic E-state index is 12.5. The van der Waals surface area contributed by atoms with Crippen molar-refractivity contribution in [1.82, 2.24) is 4.98 Å². The number of ether oxygens (including phenoxy) is 1. The first kappa shape index (κ1) is 13.6. The summed E-state index contributed by atoms with van der Waals surface area (Å²) in [5.41, 5.74) is -1.51. The van der Waals surface area contributed by atoms with Crippen molar-refractivity contribution in [2.75, 3.05) is 7.11 Å². The van der Waals surface area contributed by atoms with E-state index in [-0.39, 0.29) is 12.3 Å². The van der Waals surface area contributed by atoms with Crippen LogP contribution in [0.2, 0.25) is 0 Å². The number of oxazole rings is 1. The maximum atomic E-state index is 12.5. The Bertz CT molecular complexity index is 414. The molecule has 0 spiro atoms.